The molecule has 0 saturated heterocycles. The zero-order valence-corrected chi connectivity index (χ0v) is 15.8. The van der Waals surface area contributed by atoms with Crippen LogP contribution in [0.2, 0.25) is 0 Å². The molecule has 0 saturated carbocycles. The molecule has 26 heavy (non-hydrogen) atoms. The molecule has 132 valence electrons. The van der Waals surface area contributed by atoms with Gasteiger partial charge in [0.05, 0.1) is 22.7 Å². The maximum absolute atomic E-state index is 13.1. The fourth-order valence-corrected chi connectivity index (χ4v) is 3.78. The first kappa shape index (κ1) is 18.2. The summed E-state index contributed by atoms with van der Waals surface area (Å²) in [5, 5.41) is 9.99. The van der Waals surface area contributed by atoms with Crippen LogP contribution in [0.4, 0.5) is 0 Å². The Labute approximate surface area is 157 Å². The van der Waals surface area contributed by atoms with Gasteiger partial charge in [0.15, 0.2) is 5.16 Å². The minimum absolute atomic E-state index is 0.0432. The molecular formula is C21H21N3OS. The summed E-state index contributed by atoms with van der Waals surface area (Å²) in [7, 11) is 0. The fourth-order valence-electron chi connectivity index (χ4n) is 2.77. The van der Waals surface area contributed by atoms with Gasteiger partial charge in [-0.05, 0) is 62.1 Å². The number of thioether (sulfide) groups is 1. The van der Waals surface area contributed by atoms with Crippen LogP contribution < -0.4 is 5.56 Å². The number of nitrogens with zero attached hydrogens (tertiary/aromatic N) is 3. The van der Waals surface area contributed by atoms with Crippen LogP contribution in [0.25, 0.3) is 16.6 Å². The average Bonchev–Trinajstić information content (AvgIpc) is 2.64. The zero-order valence-electron chi connectivity index (χ0n) is 15.0. The Morgan fingerprint density at radius 2 is 1.92 bits per heavy atom. The van der Waals surface area contributed by atoms with Gasteiger partial charge in [0, 0.05) is 12.2 Å². The molecule has 1 heterocycles. The largest absolute Gasteiger partial charge is 0.268 e. The lowest BCUT2D eigenvalue weighted by molar-refractivity contribution is 0.803. The lowest BCUT2D eigenvalue weighted by Crippen LogP contribution is -2.22. The van der Waals surface area contributed by atoms with Crippen molar-refractivity contribution in [1.29, 1.82) is 5.26 Å². The molecule has 0 spiro atoms. The van der Waals surface area contributed by atoms with E-state index in [2.05, 4.69) is 13.0 Å². The lowest BCUT2D eigenvalue weighted by Gasteiger charge is -2.14. The summed E-state index contributed by atoms with van der Waals surface area (Å²) in [5.74, 6) is 0.831. The number of benzene rings is 2. The number of hydrogen-bond donors (Lipinski definition) is 0. The molecule has 0 aliphatic rings. The van der Waals surface area contributed by atoms with Gasteiger partial charge in [0.2, 0.25) is 0 Å². The van der Waals surface area contributed by atoms with Gasteiger partial charge in [-0.2, -0.15) is 5.26 Å². The van der Waals surface area contributed by atoms with E-state index in [1.165, 1.54) is 5.56 Å². The highest BCUT2D eigenvalue weighted by Crippen LogP contribution is 2.23. The molecule has 0 N–H and O–H groups in total. The van der Waals surface area contributed by atoms with Gasteiger partial charge < -0.3 is 0 Å². The first-order valence-electron chi connectivity index (χ1n) is 8.71. The molecule has 0 radical (unpaired) electrons. The van der Waals surface area contributed by atoms with Gasteiger partial charge in [0.1, 0.15) is 0 Å². The summed E-state index contributed by atoms with van der Waals surface area (Å²) in [4.78, 5) is 17.9. The zero-order chi connectivity index (χ0) is 18.5. The van der Waals surface area contributed by atoms with Crippen LogP contribution in [0.1, 0.15) is 30.4 Å². The molecular weight excluding hydrogens is 342 g/mol. The quantitative estimate of drug-likeness (QED) is 0.359. The number of aromatic nitrogens is 2. The first-order valence-corrected chi connectivity index (χ1v) is 9.69. The van der Waals surface area contributed by atoms with Crippen molar-refractivity contribution in [3.8, 4) is 11.8 Å². The van der Waals surface area contributed by atoms with E-state index in [1.807, 2.05) is 49.4 Å². The summed E-state index contributed by atoms with van der Waals surface area (Å²) in [6, 6.07) is 15.7. The maximum atomic E-state index is 13.1. The summed E-state index contributed by atoms with van der Waals surface area (Å²) < 4.78 is 1.71. The Morgan fingerprint density at radius 3 is 2.69 bits per heavy atom. The highest BCUT2D eigenvalue weighted by Gasteiger charge is 2.13. The molecule has 0 aliphatic heterocycles. The van der Waals surface area contributed by atoms with Crippen molar-refractivity contribution in [3.63, 3.8) is 0 Å². The molecule has 0 aliphatic carbocycles. The Balaban J connectivity index is 2.07. The average molecular weight is 363 g/mol. The minimum Gasteiger partial charge on any atom is -0.268 e. The Bertz CT molecular complexity index is 1030. The topological polar surface area (TPSA) is 58.7 Å². The normalized spacial score (nSPS) is 10.8. The SMILES string of the molecule is Cc1ccc(-n2c(SCCCCC#N)nc3ccccc3c2=O)cc1C. The van der Waals surface area contributed by atoms with E-state index < -0.39 is 0 Å². The maximum Gasteiger partial charge on any atom is 0.266 e. The number of para-hydroxylation sites is 1. The Kier molecular flexibility index (Phi) is 5.75. The van der Waals surface area contributed by atoms with E-state index >= 15 is 0 Å². The number of aryl methyl sites for hydroxylation is 2. The molecule has 0 unspecified atom stereocenters. The highest BCUT2D eigenvalue weighted by atomic mass is 32.2. The number of fused-ring (bicyclic) bond motifs is 1. The van der Waals surface area contributed by atoms with Gasteiger partial charge in [0.25, 0.3) is 5.56 Å². The van der Waals surface area contributed by atoms with Crippen molar-refractivity contribution >= 4 is 22.7 Å². The molecule has 0 fully saturated rings. The molecule has 0 atom stereocenters. The van der Waals surface area contributed by atoms with Crippen LogP contribution in [0.3, 0.4) is 0 Å². The van der Waals surface area contributed by atoms with Gasteiger partial charge in [-0.25, -0.2) is 4.98 Å². The first-order chi connectivity index (χ1) is 12.6. The molecule has 5 heteroatoms. The second-order valence-electron chi connectivity index (χ2n) is 6.28. The molecule has 4 nitrogen and oxygen atoms in total. The van der Waals surface area contributed by atoms with Gasteiger partial charge >= 0.3 is 0 Å². The van der Waals surface area contributed by atoms with Crippen LogP contribution >= 0.6 is 11.8 Å². The fraction of sp³-hybridized carbons (Fsp3) is 0.286. The van der Waals surface area contributed by atoms with Crippen LogP contribution in [0.5, 0.6) is 0 Å². The van der Waals surface area contributed by atoms with E-state index in [9.17, 15) is 4.79 Å². The van der Waals surface area contributed by atoms with Crippen LogP contribution in [0.15, 0.2) is 52.4 Å². The molecule has 1 aromatic heterocycles. The number of hydrogen-bond acceptors (Lipinski definition) is 4. The predicted molar refractivity (Wildman–Crippen MR) is 107 cm³/mol. The van der Waals surface area contributed by atoms with Crippen LogP contribution in [-0.4, -0.2) is 15.3 Å². The van der Waals surface area contributed by atoms with Crippen molar-refractivity contribution in [2.45, 2.75) is 38.3 Å². The van der Waals surface area contributed by atoms with Gasteiger partial charge in [-0.15, -0.1) is 0 Å². The second kappa shape index (κ2) is 8.20. The second-order valence-corrected chi connectivity index (χ2v) is 7.35. The molecule has 3 aromatic rings. The smallest absolute Gasteiger partial charge is 0.266 e. The lowest BCUT2D eigenvalue weighted by atomic mass is 10.1. The van der Waals surface area contributed by atoms with Crippen molar-refractivity contribution in [3.05, 3.63) is 63.9 Å². The molecule has 0 bridgehead atoms. The third-order valence-corrected chi connectivity index (χ3v) is 5.43. The third kappa shape index (κ3) is 3.81. The van der Waals surface area contributed by atoms with Crippen molar-refractivity contribution in [1.82, 2.24) is 9.55 Å². The highest BCUT2D eigenvalue weighted by molar-refractivity contribution is 7.99. The third-order valence-electron chi connectivity index (χ3n) is 4.41. The molecule has 0 amide bonds. The van der Waals surface area contributed by atoms with Crippen molar-refractivity contribution in [2.75, 3.05) is 5.75 Å². The molecule has 3 rings (SSSR count). The van der Waals surface area contributed by atoms with E-state index in [0.29, 0.717) is 17.0 Å². The van der Waals surface area contributed by atoms with Crippen molar-refractivity contribution < 1.29 is 0 Å². The standard InChI is InChI=1S/C21H21N3OS/c1-15-10-11-17(14-16(15)2)24-20(25)18-8-4-5-9-19(18)23-21(24)26-13-7-3-6-12-22/h4-5,8-11,14H,3,6-7,13H2,1-2H3. The monoisotopic (exact) mass is 363 g/mol. The molecule has 2 aromatic carbocycles. The van der Waals surface area contributed by atoms with Crippen LogP contribution in [-0.2, 0) is 0 Å². The summed E-state index contributed by atoms with van der Waals surface area (Å²) in [6.07, 6.45) is 2.36. The Morgan fingerprint density at radius 1 is 1.12 bits per heavy atom. The number of rotatable bonds is 6. The summed E-state index contributed by atoms with van der Waals surface area (Å²) >= 11 is 1.57. The van der Waals surface area contributed by atoms with E-state index in [1.54, 1.807) is 16.3 Å². The van der Waals surface area contributed by atoms with E-state index in [4.69, 9.17) is 10.2 Å². The van der Waals surface area contributed by atoms with E-state index in [-0.39, 0.29) is 5.56 Å². The number of nitriles is 1. The number of unbranched alkanes of at least 4 members (excludes halogenated alkanes) is 2. The minimum atomic E-state index is -0.0432. The van der Waals surface area contributed by atoms with Crippen LogP contribution in [0, 0.1) is 25.2 Å². The summed E-state index contributed by atoms with van der Waals surface area (Å²) in [6.45, 7) is 4.11. The summed E-state index contributed by atoms with van der Waals surface area (Å²) in [5.41, 5.74) is 3.86. The predicted octanol–water partition coefficient (Wildman–Crippen LogP) is 4.79. The van der Waals surface area contributed by atoms with Crippen molar-refractivity contribution in [2.24, 2.45) is 0 Å². The van der Waals surface area contributed by atoms with Gasteiger partial charge in [-0.3, -0.25) is 9.36 Å². The van der Waals surface area contributed by atoms with E-state index in [0.717, 1.165) is 35.4 Å². The Hall–Kier alpha value is -2.58. The van der Waals surface area contributed by atoms with Gasteiger partial charge in [-0.1, -0.05) is 30.0 Å².